The van der Waals surface area contributed by atoms with E-state index in [4.69, 9.17) is 4.74 Å². The van der Waals surface area contributed by atoms with Gasteiger partial charge in [0.05, 0.1) is 12.5 Å². The average molecular weight is 253 g/mol. The number of hydrogen-bond acceptors (Lipinski definition) is 4. The highest BCUT2D eigenvalue weighted by Crippen LogP contribution is 2.19. The lowest BCUT2D eigenvalue weighted by Gasteiger charge is -2.04. The molecule has 0 atom stereocenters. The molecule has 1 aromatic carbocycles. The Labute approximate surface area is 108 Å². The quantitative estimate of drug-likeness (QED) is 0.758. The van der Waals surface area contributed by atoms with Gasteiger partial charge in [-0.2, -0.15) is 0 Å². The van der Waals surface area contributed by atoms with Crippen molar-refractivity contribution in [2.75, 3.05) is 7.11 Å². The summed E-state index contributed by atoms with van der Waals surface area (Å²) in [6.07, 6.45) is 1.62. The molecule has 0 aliphatic carbocycles. The second-order valence-electron chi connectivity index (χ2n) is 4.02. The van der Waals surface area contributed by atoms with Gasteiger partial charge in [-0.05, 0) is 36.4 Å². The zero-order valence-corrected chi connectivity index (χ0v) is 10.3. The number of ether oxygens (including phenoxy) is 1. The maximum Gasteiger partial charge on any atom is 0.260 e. The summed E-state index contributed by atoms with van der Waals surface area (Å²) in [6, 6.07) is 10.7. The third kappa shape index (κ3) is 2.06. The van der Waals surface area contributed by atoms with Crippen LogP contribution in [0.25, 0.3) is 22.4 Å². The molecule has 0 radical (unpaired) electrons. The molecule has 0 amide bonds. The van der Waals surface area contributed by atoms with Crippen molar-refractivity contribution in [3.05, 3.63) is 52.9 Å². The van der Waals surface area contributed by atoms with E-state index >= 15 is 0 Å². The fourth-order valence-corrected chi connectivity index (χ4v) is 1.86. The summed E-state index contributed by atoms with van der Waals surface area (Å²) >= 11 is 0. The highest BCUT2D eigenvalue weighted by molar-refractivity contribution is 5.75. The molecule has 0 spiro atoms. The molecular weight excluding hydrogens is 242 g/mol. The summed E-state index contributed by atoms with van der Waals surface area (Å²) in [6.45, 7) is 0. The lowest BCUT2D eigenvalue weighted by Crippen LogP contribution is -2.10. The SMILES string of the molecule is COc1ccc(-c2nc3ncccc3c(=O)[nH]2)cc1. The monoisotopic (exact) mass is 253 g/mol. The van der Waals surface area contributed by atoms with Gasteiger partial charge in [0.15, 0.2) is 5.65 Å². The van der Waals surface area contributed by atoms with Gasteiger partial charge in [-0.3, -0.25) is 4.79 Å². The van der Waals surface area contributed by atoms with E-state index in [-0.39, 0.29) is 5.56 Å². The summed E-state index contributed by atoms with van der Waals surface area (Å²) in [7, 11) is 1.61. The number of nitrogens with zero attached hydrogens (tertiary/aromatic N) is 2. The second-order valence-corrected chi connectivity index (χ2v) is 4.02. The standard InChI is InChI=1S/C14H11N3O2/c1-19-10-6-4-9(5-7-10)12-16-13-11(14(18)17-12)3-2-8-15-13/h2-8H,1H3,(H,15,16,17,18). The van der Waals surface area contributed by atoms with E-state index in [0.717, 1.165) is 11.3 Å². The van der Waals surface area contributed by atoms with Crippen molar-refractivity contribution in [1.29, 1.82) is 0 Å². The van der Waals surface area contributed by atoms with Crippen LogP contribution in [0.2, 0.25) is 0 Å². The zero-order chi connectivity index (χ0) is 13.2. The van der Waals surface area contributed by atoms with Crippen LogP contribution >= 0.6 is 0 Å². The van der Waals surface area contributed by atoms with Gasteiger partial charge >= 0.3 is 0 Å². The Kier molecular flexibility index (Phi) is 2.72. The minimum atomic E-state index is -0.191. The number of benzene rings is 1. The Balaban J connectivity index is 2.16. The fourth-order valence-electron chi connectivity index (χ4n) is 1.86. The van der Waals surface area contributed by atoms with Crippen LogP contribution in [0.15, 0.2) is 47.4 Å². The van der Waals surface area contributed by atoms with Crippen molar-refractivity contribution in [3.8, 4) is 17.1 Å². The number of aromatic nitrogens is 3. The van der Waals surface area contributed by atoms with Crippen LogP contribution in [0.4, 0.5) is 0 Å². The topological polar surface area (TPSA) is 67.9 Å². The summed E-state index contributed by atoms with van der Waals surface area (Å²) in [5.74, 6) is 1.25. The van der Waals surface area contributed by atoms with Crippen molar-refractivity contribution < 1.29 is 4.74 Å². The first kappa shape index (κ1) is 11.4. The van der Waals surface area contributed by atoms with Crippen molar-refractivity contribution >= 4 is 11.0 Å². The van der Waals surface area contributed by atoms with Gasteiger partial charge < -0.3 is 9.72 Å². The molecule has 0 unspecified atom stereocenters. The first-order valence-electron chi connectivity index (χ1n) is 5.77. The van der Waals surface area contributed by atoms with Crippen molar-refractivity contribution in [2.45, 2.75) is 0 Å². The van der Waals surface area contributed by atoms with Gasteiger partial charge in [0.2, 0.25) is 0 Å². The highest BCUT2D eigenvalue weighted by atomic mass is 16.5. The molecule has 2 aromatic heterocycles. The van der Waals surface area contributed by atoms with E-state index in [1.807, 2.05) is 24.3 Å². The number of rotatable bonds is 2. The van der Waals surface area contributed by atoms with Gasteiger partial charge in [0.25, 0.3) is 5.56 Å². The molecular formula is C14H11N3O2. The summed E-state index contributed by atoms with van der Waals surface area (Å²) in [4.78, 5) is 23.2. The van der Waals surface area contributed by atoms with Crippen LogP contribution in [0, 0.1) is 0 Å². The number of nitrogens with one attached hydrogen (secondary N) is 1. The number of aromatic amines is 1. The Bertz CT molecular complexity index is 779. The summed E-state index contributed by atoms with van der Waals surface area (Å²) < 4.78 is 5.09. The van der Waals surface area contributed by atoms with Gasteiger partial charge in [-0.25, -0.2) is 9.97 Å². The third-order valence-corrected chi connectivity index (χ3v) is 2.84. The zero-order valence-electron chi connectivity index (χ0n) is 10.3. The lowest BCUT2D eigenvalue weighted by atomic mass is 10.2. The molecule has 0 aliphatic rings. The molecule has 3 aromatic rings. The van der Waals surface area contributed by atoms with Crippen molar-refractivity contribution in [1.82, 2.24) is 15.0 Å². The minimum absolute atomic E-state index is 0.191. The average Bonchev–Trinajstić information content (AvgIpc) is 2.47. The van der Waals surface area contributed by atoms with E-state index in [2.05, 4.69) is 15.0 Å². The molecule has 0 fully saturated rings. The molecule has 94 valence electrons. The first-order chi connectivity index (χ1) is 9.28. The first-order valence-corrected chi connectivity index (χ1v) is 5.77. The molecule has 5 heteroatoms. The smallest absolute Gasteiger partial charge is 0.260 e. The van der Waals surface area contributed by atoms with E-state index in [9.17, 15) is 4.79 Å². The minimum Gasteiger partial charge on any atom is -0.497 e. The Hall–Kier alpha value is -2.69. The predicted molar refractivity (Wildman–Crippen MR) is 72.1 cm³/mol. The maximum absolute atomic E-state index is 11.9. The summed E-state index contributed by atoms with van der Waals surface area (Å²) in [5, 5.41) is 0.486. The van der Waals surface area contributed by atoms with E-state index in [1.54, 1.807) is 25.4 Å². The third-order valence-electron chi connectivity index (χ3n) is 2.84. The van der Waals surface area contributed by atoms with Gasteiger partial charge in [-0.1, -0.05) is 0 Å². The van der Waals surface area contributed by atoms with E-state index in [1.165, 1.54) is 0 Å². The number of hydrogen-bond donors (Lipinski definition) is 1. The van der Waals surface area contributed by atoms with Gasteiger partial charge in [0, 0.05) is 11.8 Å². The Morgan fingerprint density at radius 2 is 1.95 bits per heavy atom. The Morgan fingerprint density at radius 1 is 1.16 bits per heavy atom. The van der Waals surface area contributed by atoms with E-state index < -0.39 is 0 Å². The number of fused-ring (bicyclic) bond motifs is 1. The lowest BCUT2D eigenvalue weighted by molar-refractivity contribution is 0.415. The normalized spacial score (nSPS) is 10.6. The highest BCUT2D eigenvalue weighted by Gasteiger charge is 2.06. The van der Waals surface area contributed by atoms with Crippen LogP contribution in [0.1, 0.15) is 0 Å². The fraction of sp³-hybridized carbons (Fsp3) is 0.0714. The summed E-state index contributed by atoms with van der Waals surface area (Å²) in [5.41, 5.74) is 1.06. The van der Waals surface area contributed by atoms with E-state index in [0.29, 0.717) is 16.9 Å². The van der Waals surface area contributed by atoms with Crippen LogP contribution in [0.5, 0.6) is 5.75 Å². The van der Waals surface area contributed by atoms with Crippen molar-refractivity contribution in [3.63, 3.8) is 0 Å². The number of H-pyrrole nitrogens is 1. The molecule has 3 rings (SSSR count). The molecule has 0 bridgehead atoms. The van der Waals surface area contributed by atoms with Crippen LogP contribution < -0.4 is 10.3 Å². The molecule has 0 aliphatic heterocycles. The van der Waals surface area contributed by atoms with Crippen LogP contribution in [0.3, 0.4) is 0 Å². The second kappa shape index (κ2) is 4.53. The largest absolute Gasteiger partial charge is 0.497 e. The Morgan fingerprint density at radius 3 is 2.68 bits per heavy atom. The molecule has 0 saturated carbocycles. The van der Waals surface area contributed by atoms with Crippen molar-refractivity contribution in [2.24, 2.45) is 0 Å². The van der Waals surface area contributed by atoms with Gasteiger partial charge in [0.1, 0.15) is 11.6 Å². The van der Waals surface area contributed by atoms with Crippen LogP contribution in [-0.2, 0) is 0 Å². The molecule has 1 N–H and O–H groups in total. The number of methoxy groups -OCH3 is 1. The number of pyridine rings is 1. The van der Waals surface area contributed by atoms with Crippen LogP contribution in [-0.4, -0.2) is 22.1 Å². The maximum atomic E-state index is 11.9. The van der Waals surface area contributed by atoms with Gasteiger partial charge in [-0.15, -0.1) is 0 Å². The predicted octanol–water partition coefficient (Wildman–Crippen LogP) is 1.99. The molecule has 0 saturated heterocycles. The molecule has 19 heavy (non-hydrogen) atoms. The molecule has 2 heterocycles. The molecule has 5 nitrogen and oxygen atoms in total.